The van der Waals surface area contributed by atoms with Gasteiger partial charge in [-0.05, 0) is 36.2 Å². The number of nitrogens with one attached hydrogen (secondary N) is 1. The van der Waals surface area contributed by atoms with Crippen LogP contribution in [-0.4, -0.2) is 22.4 Å². The molecule has 1 heterocycles. The molecule has 1 unspecified atom stereocenters. The van der Waals surface area contributed by atoms with Crippen molar-refractivity contribution in [3.63, 3.8) is 0 Å². The first kappa shape index (κ1) is 12.6. The summed E-state index contributed by atoms with van der Waals surface area (Å²) in [4.78, 5) is 0. The van der Waals surface area contributed by atoms with E-state index in [4.69, 9.17) is 0 Å². The molecule has 2 rings (SSSR count). The van der Waals surface area contributed by atoms with Crippen molar-refractivity contribution in [1.29, 1.82) is 0 Å². The monoisotopic (exact) mass is 235 g/mol. The molecule has 0 spiro atoms. The largest absolute Gasteiger partial charge is 0.313 e. The summed E-state index contributed by atoms with van der Waals surface area (Å²) >= 11 is 0. The van der Waals surface area contributed by atoms with Crippen LogP contribution in [0.1, 0.15) is 39.2 Å². The third-order valence-corrected chi connectivity index (χ3v) is 4.13. The molecule has 0 bridgehead atoms. The first-order chi connectivity index (χ1) is 7.99. The lowest BCUT2D eigenvalue weighted by molar-refractivity contribution is 0.206. The summed E-state index contributed by atoms with van der Waals surface area (Å²) in [5, 5.41) is 7.94. The molecule has 0 aromatic carbocycles. The summed E-state index contributed by atoms with van der Waals surface area (Å²) in [6.45, 7) is 8.15. The molecule has 3 heteroatoms. The van der Waals surface area contributed by atoms with Gasteiger partial charge in [-0.25, -0.2) is 0 Å². The van der Waals surface area contributed by atoms with E-state index in [0.717, 1.165) is 19.0 Å². The van der Waals surface area contributed by atoms with Gasteiger partial charge in [-0.15, -0.1) is 0 Å². The van der Waals surface area contributed by atoms with Crippen LogP contribution in [0.3, 0.4) is 0 Å². The topological polar surface area (TPSA) is 29.9 Å². The normalized spacial score (nSPS) is 19.6. The minimum absolute atomic E-state index is 0.325. The summed E-state index contributed by atoms with van der Waals surface area (Å²) in [6.07, 6.45) is 7.97. The molecule has 17 heavy (non-hydrogen) atoms. The average Bonchev–Trinajstić information content (AvgIpc) is 3.00. The van der Waals surface area contributed by atoms with Crippen LogP contribution in [0.2, 0.25) is 0 Å². The van der Waals surface area contributed by atoms with Crippen LogP contribution in [0.4, 0.5) is 0 Å². The second kappa shape index (κ2) is 4.81. The Hall–Kier alpha value is -0.830. The summed E-state index contributed by atoms with van der Waals surface area (Å²) < 4.78 is 1.89. The van der Waals surface area contributed by atoms with Crippen molar-refractivity contribution in [2.24, 2.45) is 18.4 Å². The second-order valence-corrected chi connectivity index (χ2v) is 6.16. The molecule has 0 saturated heterocycles. The van der Waals surface area contributed by atoms with Gasteiger partial charge in [0.2, 0.25) is 0 Å². The fourth-order valence-electron chi connectivity index (χ4n) is 2.17. The van der Waals surface area contributed by atoms with Crippen LogP contribution >= 0.6 is 0 Å². The summed E-state index contributed by atoms with van der Waals surface area (Å²) in [5.74, 6) is 0.675. The minimum Gasteiger partial charge on any atom is -0.313 e. The van der Waals surface area contributed by atoms with E-state index in [1.54, 1.807) is 0 Å². The highest BCUT2D eigenvalue weighted by molar-refractivity contribution is 5.08. The van der Waals surface area contributed by atoms with Gasteiger partial charge in [0.15, 0.2) is 0 Å². The van der Waals surface area contributed by atoms with Crippen molar-refractivity contribution in [3.05, 3.63) is 18.0 Å². The van der Waals surface area contributed by atoms with Gasteiger partial charge in [-0.1, -0.05) is 20.8 Å². The lowest BCUT2D eigenvalue weighted by atomic mass is 9.74. The number of aryl methyl sites for hydroxylation is 1. The predicted octanol–water partition coefficient (Wildman–Crippen LogP) is 2.38. The molecule has 1 aliphatic rings. The molecule has 1 aliphatic carbocycles. The lowest BCUT2D eigenvalue weighted by Gasteiger charge is -2.34. The molecule has 1 fully saturated rings. The van der Waals surface area contributed by atoms with Gasteiger partial charge in [0, 0.05) is 25.8 Å². The van der Waals surface area contributed by atoms with E-state index in [2.05, 4.69) is 37.4 Å². The van der Waals surface area contributed by atoms with Crippen LogP contribution in [-0.2, 0) is 13.5 Å². The van der Waals surface area contributed by atoms with Crippen LogP contribution < -0.4 is 5.32 Å². The molecule has 1 N–H and O–H groups in total. The molecular weight excluding hydrogens is 210 g/mol. The molecule has 3 nitrogen and oxygen atoms in total. The van der Waals surface area contributed by atoms with Gasteiger partial charge >= 0.3 is 0 Å². The van der Waals surface area contributed by atoms with Crippen molar-refractivity contribution in [2.45, 2.75) is 46.1 Å². The summed E-state index contributed by atoms with van der Waals surface area (Å²) in [7, 11) is 1.98. The van der Waals surface area contributed by atoms with E-state index in [1.807, 2.05) is 17.9 Å². The Bertz CT molecular complexity index is 365. The van der Waals surface area contributed by atoms with Gasteiger partial charge in [-0.2, -0.15) is 5.10 Å². The van der Waals surface area contributed by atoms with E-state index in [0.29, 0.717) is 11.3 Å². The zero-order valence-corrected chi connectivity index (χ0v) is 11.5. The maximum Gasteiger partial charge on any atom is 0.0521 e. The Labute approximate surface area is 105 Å². The highest BCUT2D eigenvalue weighted by atomic mass is 15.2. The first-order valence-corrected chi connectivity index (χ1v) is 6.70. The maximum absolute atomic E-state index is 4.26. The minimum atomic E-state index is 0.325. The molecule has 0 radical (unpaired) electrons. The molecule has 1 aromatic rings. The Morgan fingerprint density at radius 1 is 1.53 bits per heavy atom. The van der Waals surface area contributed by atoms with Crippen molar-refractivity contribution in [1.82, 2.24) is 15.1 Å². The molecule has 0 amide bonds. The van der Waals surface area contributed by atoms with Gasteiger partial charge in [0.1, 0.15) is 0 Å². The molecule has 1 aromatic heterocycles. The molecule has 1 saturated carbocycles. The molecule has 1 atom stereocenters. The van der Waals surface area contributed by atoms with E-state index >= 15 is 0 Å². The highest BCUT2D eigenvalue weighted by Crippen LogP contribution is 2.32. The Balaban J connectivity index is 1.98. The fourth-order valence-corrected chi connectivity index (χ4v) is 2.17. The highest BCUT2D eigenvalue weighted by Gasteiger charge is 2.31. The number of nitrogens with zero attached hydrogens (tertiary/aromatic N) is 2. The quantitative estimate of drug-likeness (QED) is 0.820. The summed E-state index contributed by atoms with van der Waals surface area (Å²) in [5.41, 5.74) is 1.67. The SMILES string of the molecule is CC(C)C(C)(CNC1CC1)Cc1cnn(C)c1. The number of aromatic nitrogens is 2. The summed E-state index contributed by atoms with van der Waals surface area (Å²) in [6, 6.07) is 0.793. The van der Waals surface area contributed by atoms with E-state index < -0.39 is 0 Å². The second-order valence-electron chi connectivity index (χ2n) is 6.16. The van der Waals surface area contributed by atoms with Crippen LogP contribution in [0, 0.1) is 11.3 Å². The third-order valence-electron chi connectivity index (χ3n) is 4.13. The number of hydrogen-bond donors (Lipinski definition) is 1. The first-order valence-electron chi connectivity index (χ1n) is 6.70. The van der Waals surface area contributed by atoms with Crippen molar-refractivity contribution < 1.29 is 0 Å². The fraction of sp³-hybridized carbons (Fsp3) is 0.786. The van der Waals surface area contributed by atoms with Gasteiger partial charge in [-0.3, -0.25) is 4.68 Å². The van der Waals surface area contributed by atoms with Crippen molar-refractivity contribution in [2.75, 3.05) is 6.54 Å². The maximum atomic E-state index is 4.26. The predicted molar refractivity (Wildman–Crippen MR) is 70.9 cm³/mol. The number of rotatable bonds is 6. The van der Waals surface area contributed by atoms with Gasteiger partial charge in [0.25, 0.3) is 0 Å². The molecule has 0 aliphatic heterocycles. The zero-order chi connectivity index (χ0) is 12.5. The smallest absolute Gasteiger partial charge is 0.0521 e. The Morgan fingerprint density at radius 3 is 2.71 bits per heavy atom. The average molecular weight is 235 g/mol. The van der Waals surface area contributed by atoms with Crippen LogP contribution in [0.15, 0.2) is 12.4 Å². The Morgan fingerprint density at radius 2 is 2.24 bits per heavy atom. The van der Waals surface area contributed by atoms with E-state index in [-0.39, 0.29) is 0 Å². The van der Waals surface area contributed by atoms with Crippen LogP contribution in [0.25, 0.3) is 0 Å². The van der Waals surface area contributed by atoms with Crippen molar-refractivity contribution in [3.8, 4) is 0 Å². The lowest BCUT2D eigenvalue weighted by Crippen LogP contribution is -2.38. The van der Waals surface area contributed by atoms with Crippen LogP contribution in [0.5, 0.6) is 0 Å². The molecular formula is C14H25N3. The molecule has 96 valence electrons. The van der Waals surface area contributed by atoms with Gasteiger partial charge < -0.3 is 5.32 Å². The van der Waals surface area contributed by atoms with E-state index in [9.17, 15) is 0 Å². The standard InChI is InChI=1S/C14H25N3/c1-11(2)14(3,10-15-13-5-6-13)7-12-8-16-17(4)9-12/h8-9,11,13,15H,5-7,10H2,1-4H3. The number of hydrogen-bond acceptors (Lipinski definition) is 2. The third kappa shape index (κ3) is 3.32. The van der Waals surface area contributed by atoms with Crippen molar-refractivity contribution >= 4 is 0 Å². The van der Waals surface area contributed by atoms with Gasteiger partial charge in [0.05, 0.1) is 6.20 Å². The Kier molecular flexibility index (Phi) is 3.57. The zero-order valence-electron chi connectivity index (χ0n) is 11.5. The van der Waals surface area contributed by atoms with E-state index in [1.165, 1.54) is 18.4 Å².